The Morgan fingerprint density at radius 2 is 2.33 bits per heavy atom. The van der Waals surface area contributed by atoms with Crippen LogP contribution in [0.1, 0.15) is 5.69 Å². The van der Waals surface area contributed by atoms with Crippen molar-refractivity contribution in [3.63, 3.8) is 0 Å². The highest BCUT2D eigenvalue weighted by atomic mass is 79.9. The number of para-hydroxylation sites is 1. The molecule has 12 heavy (non-hydrogen) atoms. The molecule has 0 unspecified atom stereocenters. The zero-order chi connectivity index (χ0) is 8.55. The number of halogens is 2. The molecule has 0 bridgehead atoms. The molecule has 2 rings (SSSR count). The van der Waals surface area contributed by atoms with Gasteiger partial charge in [-0.15, -0.1) is 0 Å². The molecule has 0 fully saturated rings. The molecule has 0 radical (unpaired) electrons. The summed E-state index contributed by atoms with van der Waals surface area (Å²) in [6, 6.07) is 4.93. The standard InChI is InChI=1S/C8H6BrFN2/c9-4-7-5-2-1-3-6(10)8(5)12-11-7/h1-3H,4H2,(H,11,12). The van der Waals surface area contributed by atoms with Crippen LogP contribution in [0.25, 0.3) is 10.9 Å². The van der Waals surface area contributed by atoms with Gasteiger partial charge in [0.1, 0.15) is 5.52 Å². The lowest BCUT2D eigenvalue weighted by molar-refractivity contribution is 0.636. The van der Waals surface area contributed by atoms with Crippen LogP contribution in [0.4, 0.5) is 4.39 Å². The molecular weight excluding hydrogens is 223 g/mol. The topological polar surface area (TPSA) is 28.7 Å². The first kappa shape index (κ1) is 7.73. The Morgan fingerprint density at radius 3 is 3.08 bits per heavy atom. The highest BCUT2D eigenvalue weighted by Crippen LogP contribution is 2.19. The number of nitrogens with zero attached hydrogens (tertiary/aromatic N) is 1. The van der Waals surface area contributed by atoms with Gasteiger partial charge in [-0.25, -0.2) is 4.39 Å². The number of rotatable bonds is 1. The van der Waals surface area contributed by atoms with Gasteiger partial charge in [0.2, 0.25) is 0 Å². The zero-order valence-corrected chi connectivity index (χ0v) is 7.73. The fourth-order valence-corrected chi connectivity index (χ4v) is 1.59. The van der Waals surface area contributed by atoms with Gasteiger partial charge < -0.3 is 0 Å². The smallest absolute Gasteiger partial charge is 0.151 e. The van der Waals surface area contributed by atoms with E-state index in [2.05, 4.69) is 26.1 Å². The first-order valence-corrected chi connectivity index (χ1v) is 4.62. The molecule has 1 aromatic carbocycles. The SMILES string of the molecule is Fc1cccc2c(CBr)[nH]nc12. The molecule has 1 aromatic heterocycles. The molecule has 0 saturated carbocycles. The van der Waals surface area contributed by atoms with E-state index in [1.807, 2.05) is 6.07 Å². The third-order valence-electron chi connectivity index (χ3n) is 1.75. The first-order valence-electron chi connectivity index (χ1n) is 3.50. The predicted molar refractivity (Wildman–Crippen MR) is 48.7 cm³/mol. The maximum atomic E-state index is 13.0. The van der Waals surface area contributed by atoms with E-state index in [0.29, 0.717) is 10.8 Å². The fraction of sp³-hybridized carbons (Fsp3) is 0.125. The van der Waals surface area contributed by atoms with E-state index >= 15 is 0 Å². The average Bonchev–Trinajstić information content (AvgIpc) is 2.49. The van der Waals surface area contributed by atoms with Gasteiger partial charge in [-0.05, 0) is 6.07 Å². The molecule has 0 saturated heterocycles. The van der Waals surface area contributed by atoms with Crippen LogP contribution in [0, 0.1) is 5.82 Å². The predicted octanol–water partition coefficient (Wildman–Crippen LogP) is 2.60. The van der Waals surface area contributed by atoms with E-state index in [4.69, 9.17) is 0 Å². The summed E-state index contributed by atoms with van der Waals surface area (Å²) in [5.74, 6) is -0.282. The molecule has 0 aliphatic rings. The lowest BCUT2D eigenvalue weighted by Crippen LogP contribution is -1.77. The molecule has 0 aliphatic heterocycles. The monoisotopic (exact) mass is 228 g/mol. The van der Waals surface area contributed by atoms with Crippen molar-refractivity contribution in [1.29, 1.82) is 0 Å². The van der Waals surface area contributed by atoms with E-state index in [1.165, 1.54) is 6.07 Å². The fourth-order valence-electron chi connectivity index (χ4n) is 1.16. The van der Waals surface area contributed by atoms with Crippen molar-refractivity contribution < 1.29 is 4.39 Å². The van der Waals surface area contributed by atoms with Crippen LogP contribution in [0.15, 0.2) is 18.2 Å². The molecule has 1 N–H and O–H groups in total. The normalized spacial score (nSPS) is 10.8. The highest BCUT2D eigenvalue weighted by Gasteiger charge is 2.06. The highest BCUT2D eigenvalue weighted by molar-refractivity contribution is 9.08. The minimum absolute atomic E-state index is 0.282. The van der Waals surface area contributed by atoms with Gasteiger partial charge in [0.05, 0.1) is 5.69 Å². The van der Waals surface area contributed by atoms with Crippen LogP contribution in [-0.4, -0.2) is 10.2 Å². The Labute approximate surface area is 76.9 Å². The summed E-state index contributed by atoms with van der Waals surface area (Å²) in [5, 5.41) is 8.13. The number of benzene rings is 1. The Balaban J connectivity index is 2.80. The van der Waals surface area contributed by atoms with E-state index < -0.39 is 0 Å². The summed E-state index contributed by atoms with van der Waals surface area (Å²) in [6.45, 7) is 0. The molecule has 0 spiro atoms. The van der Waals surface area contributed by atoms with Gasteiger partial charge >= 0.3 is 0 Å². The van der Waals surface area contributed by atoms with Crippen molar-refractivity contribution in [3.05, 3.63) is 29.7 Å². The van der Waals surface area contributed by atoms with Crippen LogP contribution in [0.2, 0.25) is 0 Å². The Kier molecular flexibility index (Phi) is 1.84. The Morgan fingerprint density at radius 1 is 1.50 bits per heavy atom. The summed E-state index contributed by atoms with van der Waals surface area (Å²) in [4.78, 5) is 0. The molecule has 2 aromatic rings. The molecule has 62 valence electrons. The lowest BCUT2D eigenvalue weighted by Gasteiger charge is -1.90. The second kappa shape index (κ2) is 2.86. The van der Waals surface area contributed by atoms with Crippen LogP contribution in [0.5, 0.6) is 0 Å². The van der Waals surface area contributed by atoms with Crippen molar-refractivity contribution >= 4 is 26.8 Å². The number of hydrogen-bond acceptors (Lipinski definition) is 1. The van der Waals surface area contributed by atoms with Crippen molar-refractivity contribution in [1.82, 2.24) is 10.2 Å². The van der Waals surface area contributed by atoms with Crippen LogP contribution >= 0.6 is 15.9 Å². The van der Waals surface area contributed by atoms with E-state index in [-0.39, 0.29) is 5.82 Å². The summed E-state index contributed by atoms with van der Waals surface area (Å²) in [6.07, 6.45) is 0. The largest absolute Gasteiger partial charge is 0.280 e. The third kappa shape index (κ3) is 1.03. The maximum absolute atomic E-state index is 13.0. The average molecular weight is 229 g/mol. The summed E-state index contributed by atoms with van der Waals surface area (Å²) in [5.41, 5.74) is 1.32. The first-order chi connectivity index (χ1) is 5.83. The quantitative estimate of drug-likeness (QED) is 0.748. The molecular formula is C8H6BrFN2. The van der Waals surface area contributed by atoms with Crippen LogP contribution < -0.4 is 0 Å². The molecule has 0 amide bonds. The van der Waals surface area contributed by atoms with Gasteiger partial charge in [0.25, 0.3) is 0 Å². The summed E-state index contributed by atoms with van der Waals surface area (Å²) >= 11 is 3.29. The summed E-state index contributed by atoms with van der Waals surface area (Å²) < 4.78 is 13.0. The summed E-state index contributed by atoms with van der Waals surface area (Å²) in [7, 11) is 0. The van der Waals surface area contributed by atoms with Crippen molar-refractivity contribution in [2.75, 3.05) is 0 Å². The van der Waals surface area contributed by atoms with Gasteiger partial charge in [0, 0.05) is 10.7 Å². The van der Waals surface area contributed by atoms with Gasteiger partial charge in [-0.3, -0.25) is 5.10 Å². The number of alkyl halides is 1. The van der Waals surface area contributed by atoms with Gasteiger partial charge in [-0.2, -0.15) is 5.10 Å². The van der Waals surface area contributed by atoms with E-state index in [9.17, 15) is 4.39 Å². The number of nitrogens with one attached hydrogen (secondary N) is 1. The number of hydrogen-bond donors (Lipinski definition) is 1. The second-order valence-electron chi connectivity index (χ2n) is 2.47. The van der Waals surface area contributed by atoms with Crippen LogP contribution in [0.3, 0.4) is 0 Å². The molecule has 0 atom stereocenters. The number of fused-ring (bicyclic) bond motifs is 1. The van der Waals surface area contributed by atoms with E-state index in [0.717, 1.165) is 11.1 Å². The molecule has 0 aliphatic carbocycles. The molecule has 1 heterocycles. The van der Waals surface area contributed by atoms with Crippen molar-refractivity contribution in [3.8, 4) is 0 Å². The lowest BCUT2D eigenvalue weighted by atomic mass is 10.2. The second-order valence-corrected chi connectivity index (χ2v) is 3.03. The maximum Gasteiger partial charge on any atom is 0.151 e. The molecule has 2 nitrogen and oxygen atoms in total. The minimum Gasteiger partial charge on any atom is -0.280 e. The van der Waals surface area contributed by atoms with Crippen LogP contribution in [-0.2, 0) is 5.33 Å². The minimum atomic E-state index is -0.282. The Hall–Kier alpha value is -0.900. The van der Waals surface area contributed by atoms with E-state index in [1.54, 1.807) is 6.07 Å². The number of aromatic nitrogens is 2. The zero-order valence-electron chi connectivity index (χ0n) is 6.14. The number of aromatic amines is 1. The third-order valence-corrected chi connectivity index (χ3v) is 2.31. The molecule has 4 heteroatoms. The van der Waals surface area contributed by atoms with Gasteiger partial charge in [-0.1, -0.05) is 28.1 Å². The Bertz CT molecular complexity index is 410. The number of H-pyrrole nitrogens is 1. The van der Waals surface area contributed by atoms with Gasteiger partial charge in [0.15, 0.2) is 5.82 Å². The van der Waals surface area contributed by atoms with Crippen molar-refractivity contribution in [2.24, 2.45) is 0 Å². The van der Waals surface area contributed by atoms with Crippen molar-refractivity contribution in [2.45, 2.75) is 5.33 Å².